The molecule has 1 aromatic carbocycles. The van der Waals surface area contributed by atoms with Crippen LogP contribution in [0.3, 0.4) is 0 Å². The summed E-state index contributed by atoms with van der Waals surface area (Å²) >= 11 is 0.385. The van der Waals surface area contributed by atoms with Crippen LogP contribution in [0.5, 0.6) is 0 Å². The zero-order chi connectivity index (χ0) is 12.0. The molecule has 1 atom stereocenters. The minimum Gasteiger partial charge on any atom is -0.396 e. The molecule has 2 N–H and O–H groups in total. The van der Waals surface area contributed by atoms with Crippen molar-refractivity contribution in [2.24, 2.45) is 5.92 Å². The van der Waals surface area contributed by atoms with E-state index >= 15 is 0 Å². The summed E-state index contributed by atoms with van der Waals surface area (Å²) < 4.78 is 26.5. The molecule has 0 bridgehead atoms. The summed E-state index contributed by atoms with van der Waals surface area (Å²) in [5.41, 5.74) is 1.69. The van der Waals surface area contributed by atoms with E-state index in [0.29, 0.717) is 17.6 Å². The van der Waals surface area contributed by atoms with Crippen LogP contribution in [0.4, 0.5) is 14.5 Å². The highest BCUT2D eigenvalue weighted by atomic mass is 32.2. The van der Waals surface area contributed by atoms with E-state index in [1.807, 2.05) is 25.1 Å². The first-order chi connectivity index (χ1) is 7.61. The van der Waals surface area contributed by atoms with E-state index in [1.54, 1.807) is 6.07 Å². The van der Waals surface area contributed by atoms with Crippen molar-refractivity contribution >= 4 is 17.6 Å². The van der Waals surface area contributed by atoms with Gasteiger partial charge in [-0.25, -0.2) is 0 Å². The Morgan fingerprint density at radius 1 is 1.44 bits per heavy atom. The summed E-state index contributed by atoms with van der Waals surface area (Å²) in [5, 5.41) is 8.92. The zero-order valence-electron chi connectivity index (χ0n) is 8.99. The first-order valence-electron chi connectivity index (χ1n) is 5.01. The van der Waals surface area contributed by atoms with E-state index in [-0.39, 0.29) is 12.5 Å². The Morgan fingerprint density at radius 2 is 2.19 bits per heavy atom. The first-order valence-corrected chi connectivity index (χ1v) is 5.89. The van der Waals surface area contributed by atoms with E-state index in [2.05, 4.69) is 4.72 Å². The Hall–Kier alpha value is -0.810. The van der Waals surface area contributed by atoms with Crippen LogP contribution in [-0.4, -0.2) is 17.5 Å². The molecule has 5 heteroatoms. The molecule has 2 nitrogen and oxygen atoms in total. The van der Waals surface area contributed by atoms with Crippen LogP contribution in [0, 0.1) is 5.92 Å². The lowest BCUT2D eigenvalue weighted by atomic mass is 10.0. The average molecular weight is 247 g/mol. The standard InChI is InChI=1S/C11H15F2NOS/c1-8(7-15)5-9-3-2-4-10(6-9)14-16-11(12)13/h2-4,6,8,11,14-15H,5,7H2,1H3. The first kappa shape index (κ1) is 13.3. The van der Waals surface area contributed by atoms with Gasteiger partial charge in [-0.3, -0.25) is 0 Å². The maximum absolute atomic E-state index is 12.0. The minimum absolute atomic E-state index is 0.128. The molecular formula is C11H15F2NOS. The lowest BCUT2D eigenvalue weighted by Gasteiger charge is -2.10. The van der Waals surface area contributed by atoms with Gasteiger partial charge in [-0.05, 0) is 30.0 Å². The highest BCUT2D eigenvalue weighted by Crippen LogP contribution is 2.20. The Morgan fingerprint density at radius 3 is 2.81 bits per heavy atom. The smallest absolute Gasteiger partial charge is 0.302 e. The summed E-state index contributed by atoms with van der Waals surface area (Å²) in [4.78, 5) is 0. The molecule has 0 amide bonds. The Kier molecular flexibility index (Phi) is 5.55. The molecule has 0 heterocycles. The average Bonchev–Trinajstić information content (AvgIpc) is 2.26. The molecule has 0 saturated heterocycles. The number of alkyl halides is 2. The van der Waals surface area contributed by atoms with Crippen molar-refractivity contribution in [2.45, 2.75) is 19.1 Å². The van der Waals surface area contributed by atoms with Gasteiger partial charge in [0.1, 0.15) is 0 Å². The summed E-state index contributed by atoms with van der Waals surface area (Å²) in [6, 6.07) is 7.29. The van der Waals surface area contributed by atoms with Gasteiger partial charge < -0.3 is 9.83 Å². The number of aliphatic hydroxyl groups is 1. The molecule has 90 valence electrons. The third kappa shape index (κ3) is 4.81. The predicted octanol–water partition coefficient (Wildman–Crippen LogP) is 3.14. The van der Waals surface area contributed by atoms with Crippen molar-refractivity contribution in [3.8, 4) is 0 Å². The third-order valence-electron chi connectivity index (χ3n) is 2.09. The van der Waals surface area contributed by atoms with Crippen molar-refractivity contribution in [3.63, 3.8) is 0 Å². The molecule has 0 fully saturated rings. The summed E-state index contributed by atoms with van der Waals surface area (Å²) in [7, 11) is 0. The molecule has 0 aliphatic rings. The minimum atomic E-state index is -2.43. The summed E-state index contributed by atoms with van der Waals surface area (Å²) in [6.45, 7) is 2.07. The number of halogens is 2. The van der Waals surface area contributed by atoms with Crippen LogP contribution in [-0.2, 0) is 6.42 Å². The van der Waals surface area contributed by atoms with Crippen molar-refractivity contribution in [2.75, 3.05) is 11.3 Å². The lowest BCUT2D eigenvalue weighted by Crippen LogP contribution is -2.04. The van der Waals surface area contributed by atoms with E-state index < -0.39 is 5.76 Å². The zero-order valence-corrected chi connectivity index (χ0v) is 9.81. The van der Waals surface area contributed by atoms with Crippen LogP contribution in [0.15, 0.2) is 24.3 Å². The summed E-state index contributed by atoms with van der Waals surface area (Å²) in [5.74, 6) is -2.25. The fourth-order valence-corrected chi connectivity index (χ4v) is 1.69. The van der Waals surface area contributed by atoms with Gasteiger partial charge in [0.15, 0.2) is 0 Å². The molecular weight excluding hydrogens is 232 g/mol. The monoisotopic (exact) mass is 247 g/mol. The highest BCUT2D eigenvalue weighted by molar-refractivity contribution is 8.00. The van der Waals surface area contributed by atoms with Crippen molar-refractivity contribution in [3.05, 3.63) is 29.8 Å². The molecule has 0 spiro atoms. The van der Waals surface area contributed by atoms with Gasteiger partial charge in [-0.15, -0.1) is 0 Å². The number of hydrogen-bond acceptors (Lipinski definition) is 3. The van der Waals surface area contributed by atoms with E-state index in [0.717, 1.165) is 12.0 Å². The van der Waals surface area contributed by atoms with E-state index in [1.165, 1.54) is 0 Å². The molecule has 16 heavy (non-hydrogen) atoms. The molecule has 1 rings (SSSR count). The Bertz CT molecular complexity index is 323. The third-order valence-corrected chi connectivity index (χ3v) is 2.62. The second kappa shape index (κ2) is 6.70. The largest absolute Gasteiger partial charge is 0.396 e. The number of benzene rings is 1. The molecule has 0 radical (unpaired) electrons. The van der Waals surface area contributed by atoms with Crippen LogP contribution in [0.25, 0.3) is 0 Å². The highest BCUT2D eigenvalue weighted by Gasteiger charge is 2.05. The molecule has 0 aliphatic carbocycles. The fraction of sp³-hybridized carbons (Fsp3) is 0.455. The number of anilines is 1. The van der Waals surface area contributed by atoms with Crippen molar-refractivity contribution < 1.29 is 13.9 Å². The van der Waals surface area contributed by atoms with Crippen molar-refractivity contribution in [1.82, 2.24) is 0 Å². The van der Waals surface area contributed by atoms with Gasteiger partial charge in [0.25, 0.3) is 0 Å². The van der Waals surface area contributed by atoms with Crippen LogP contribution in [0.1, 0.15) is 12.5 Å². The number of rotatable bonds is 6. The quantitative estimate of drug-likeness (QED) is 0.757. The van der Waals surface area contributed by atoms with Gasteiger partial charge in [0.2, 0.25) is 0 Å². The second-order valence-corrected chi connectivity index (χ2v) is 4.47. The molecule has 0 saturated carbocycles. The molecule has 1 unspecified atom stereocenters. The van der Waals surface area contributed by atoms with Gasteiger partial charge >= 0.3 is 5.76 Å². The normalized spacial score (nSPS) is 12.8. The molecule has 0 aliphatic heterocycles. The number of nitrogens with one attached hydrogen (secondary N) is 1. The van der Waals surface area contributed by atoms with Gasteiger partial charge in [0, 0.05) is 24.2 Å². The number of hydrogen-bond donors (Lipinski definition) is 2. The Labute approximate surface area is 98.2 Å². The maximum atomic E-state index is 12.0. The summed E-state index contributed by atoms with van der Waals surface area (Å²) in [6.07, 6.45) is 0.741. The van der Waals surface area contributed by atoms with Crippen LogP contribution in [0.2, 0.25) is 0 Å². The van der Waals surface area contributed by atoms with E-state index in [9.17, 15) is 8.78 Å². The maximum Gasteiger partial charge on any atom is 0.302 e. The van der Waals surface area contributed by atoms with Crippen LogP contribution >= 0.6 is 11.9 Å². The van der Waals surface area contributed by atoms with Gasteiger partial charge in [-0.1, -0.05) is 19.1 Å². The predicted molar refractivity (Wildman–Crippen MR) is 63.6 cm³/mol. The lowest BCUT2D eigenvalue weighted by molar-refractivity contribution is 0.237. The topological polar surface area (TPSA) is 32.3 Å². The van der Waals surface area contributed by atoms with Gasteiger partial charge in [-0.2, -0.15) is 8.78 Å². The second-order valence-electron chi connectivity index (χ2n) is 3.67. The number of aliphatic hydroxyl groups excluding tert-OH is 1. The SMILES string of the molecule is CC(CO)Cc1cccc(NSC(F)F)c1. The molecule has 0 aromatic heterocycles. The van der Waals surface area contributed by atoms with E-state index in [4.69, 9.17) is 5.11 Å². The van der Waals surface area contributed by atoms with Gasteiger partial charge in [0.05, 0.1) is 0 Å². The van der Waals surface area contributed by atoms with Crippen LogP contribution < -0.4 is 4.72 Å². The Balaban J connectivity index is 2.56. The van der Waals surface area contributed by atoms with Crippen molar-refractivity contribution in [1.29, 1.82) is 0 Å². The molecule has 1 aromatic rings. The fourth-order valence-electron chi connectivity index (χ4n) is 1.34.